The van der Waals surface area contributed by atoms with E-state index in [0.29, 0.717) is 5.70 Å². The summed E-state index contributed by atoms with van der Waals surface area (Å²) in [6.07, 6.45) is 2.13. The lowest BCUT2D eigenvalue weighted by atomic mass is 10.2. The number of rotatable bonds is 3. The van der Waals surface area contributed by atoms with E-state index in [2.05, 4.69) is 5.32 Å². The molecule has 1 rings (SSSR count). The summed E-state index contributed by atoms with van der Waals surface area (Å²) in [7, 11) is 0. The Balaban J connectivity index is 2.69. The highest BCUT2D eigenvalue weighted by Crippen LogP contribution is 2.35. The molecule has 0 unspecified atom stereocenters. The van der Waals surface area contributed by atoms with Gasteiger partial charge in [0.15, 0.2) is 0 Å². The Bertz CT molecular complexity index is 235. The number of carbonyl (C=O) groups is 1. The molecule has 68 valence electrons. The van der Waals surface area contributed by atoms with Crippen LogP contribution in [-0.2, 0) is 4.79 Å². The van der Waals surface area contributed by atoms with E-state index in [1.807, 2.05) is 20.8 Å². The minimum atomic E-state index is -0.858. The Morgan fingerprint density at radius 1 is 1.42 bits per heavy atom. The summed E-state index contributed by atoms with van der Waals surface area (Å²) in [5.41, 5.74) is 1.23. The maximum Gasteiger partial charge on any atom is 0.351 e. The van der Waals surface area contributed by atoms with Crippen molar-refractivity contribution in [1.29, 1.82) is 0 Å². The number of hydrogen-bond donors (Lipinski definition) is 2. The molecule has 0 amide bonds. The van der Waals surface area contributed by atoms with Crippen molar-refractivity contribution in [2.45, 2.75) is 39.2 Å². The minimum absolute atomic E-state index is 0.0466. The predicted octanol–water partition coefficient (Wildman–Crippen LogP) is 1.51. The van der Waals surface area contributed by atoms with E-state index in [-0.39, 0.29) is 5.54 Å². The summed E-state index contributed by atoms with van der Waals surface area (Å²) in [5.74, 6) is -0.858. The first-order chi connectivity index (χ1) is 5.44. The third-order valence-corrected chi connectivity index (χ3v) is 2.14. The number of nitrogens with one attached hydrogen (secondary N) is 1. The fourth-order valence-corrected chi connectivity index (χ4v) is 1.01. The van der Waals surface area contributed by atoms with Crippen molar-refractivity contribution in [3.63, 3.8) is 0 Å². The molecule has 0 aromatic rings. The largest absolute Gasteiger partial charge is 0.477 e. The second-order valence-electron chi connectivity index (χ2n) is 3.87. The van der Waals surface area contributed by atoms with Crippen LogP contribution in [0.25, 0.3) is 0 Å². The van der Waals surface area contributed by atoms with Gasteiger partial charge in [-0.25, -0.2) is 4.79 Å². The van der Waals surface area contributed by atoms with Gasteiger partial charge in [-0.2, -0.15) is 0 Å². The van der Waals surface area contributed by atoms with Crippen LogP contribution in [-0.4, -0.2) is 16.6 Å². The van der Waals surface area contributed by atoms with Gasteiger partial charge in [-0.05, 0) is 39.2 Å². The Hall–Kier alpha value is -0.990. The van der Waals surface area contributed by atoms with Crippen LogP contribution in [0.3, 0.4) is 0 Å². The molecule has 0 aromatic heterocycles. The van der Waals surface area contributed by atoms with Crippen LogP contribution >= 0.6 is 0 Å². The molecule has 0 saturated heterocycles. The molecular weight excluding hydrogens is 154 g/mol. The monoisotopic (exact) mass is 169 g/mol. The predicted molar refractivity (Wildman–Crippen MR) is 46.8 cm³/mol. The van der Waals surface area contributed by atoms with E-state index in [1.165, 1.54) is 0 Å². The Morgan fingerprint density at radius 2 is 1.92 bits per heavy atom. The van der Waals surface area contributed by atoms with Crippen molar-refractivity contribution in [3.8, 4) is 0 Å². The number of carboxylic acid groups (broad SMARTS) is 1. The van der Waals surface area contributed by atoms with Crippen molar-refractivity contribution < 1.29 is 9.90 Å². The van der Waals surface area contributed by atoms with Gasteiger partial charge in [-0.3, -0.25) is 0 Å². The fourth-order valence-electron chi connectivity index (χ4n) is 1.01. The zero-order valence-electron chi connectivity index (χ0n) is 7.77. The molecule has 1 aliphatic carbocycles. The van der Waals surface area contributed by atoms with Crippen LogP contribution in [0.2, 0.25) is 0 Å². The highest BCUT2D eigenvalue weighted by Gasteiger charge is 2.38. The second-order valence-corrected chi connectivity index (χ2v) is 3.87. The summed E-state index contributed by atoms with van der Waals surface area (Å²) in [5, 5.41) is 11.9. The van der Waals surface area contributed by atoms with Crippen molar-refractivity contribution in [3.05, 3.63) is 11.3 Å². The molecule has 2 N–H and O–H groups in total. The van der Waals surface area contributed by atoms with Gasteiger partial charge in [-0.1, -0.05) is 0 Å². The van der Waals surface area contributed by atoms with Crippen molar-refractivity contribution in [2.75, 3.05) is 0 Å². The van der Waals surface area contributed by atoms with Gasteiger partial charge in [0, 0.05) is 5.54 Å². The van der Waals surface area contributed by atoms with E-state index >= 15 is 0 Å². The highest BCUT2D eigenvalue weighted by molar-refractivity contribution is 5.86. The first-order valence-corrected chi connectivity index (χ1v) is 4.13. The second kappa shape index (κ2) is 2.81. The summed E-state index contributed by atoms with van der Waals surface area (Å²) >= 11 is 0. The van der Waals surface area contributed by atoms with Crippen LogP contribution in [0.5, 0.6) is 0 Å². The lowest BCUT2D eigenvalue weighted by molar-refractivity contribution is -0.133. The van der Waals surface area contributed by atoms with E-state index in [9.17, 15) is 4.79 Å². The van der Waals surface area contributed by atoms with Crippen molar-refractivity contribution in [1.82, 2.24) is 5.32 Å². The van der Waals surface area contributed by atoms with Gasteiger partial charge in [-0.15, -0.1) is 0 Å². The molecule has 1 fully saturated rings. The zero-order chi connectivity index (χ0) is 9.35. The lowest BCUT2D eigenvalue weighted by Crippen LogP contribution is -2.31. The Labute approximate surface area is 72.5 Å². The molecule has 0 aliphatic heterocycles. The molecule has 12 heavy (non-hydrogen) atoms. The lowest BCUT2D eigenvalue weighted by Gasteiger charge is -2.14. The maximum atomic E-state index is 10.7. The van der Waals surface area contributed by atoms with Gasteiger partial charge in [0.1, 0.15) is 5.70 Å². The first kappa shape index (κ1) is 9.10. The van der Waals surface area contributed by atoms with E-state index < -0.39 is 5.97 Å². The van der Waals surface area contributed by atoms with E-state index in [0.717, 1.165) is 18.4 Å². The molecule has 0 bridgehead atoms. The summed E-state index contributed by atoms with van der Waals surface area (Å²) in [4.78, 5) is 10.7. The quantitative estimate of drug-likeness (QED) is 0.629. The maximum absolute atomic E-state index is 10.7. The molecule has 0 radical (unpaired) electrons. The average molecular weight is 169 g/mol. The normalized spacial score (nSPS) is 18.2. The van der Waals surface area contributed by atoms with Crippen LogP contribution in [0.15, 0.2) is 11.3 Å². The van der Waals surface area contributed by atoms with Crippen LogP contribution in [0, 0.1) is 0 Å². The molecule has 0 atom stereocenters. The Morgan fingerprint density at radius 3 is 2.17 bits per heavy atom. The molecule has 0 aromatic carbocycles. The zero-order valence-corrected chi connectivity index (χ0v) is 7.77. The molecule has 1 saturated carbocycles. The van der Waals surface area contributed by atoms with Gasteiger partial charge in [0.2, 0.25) is 0 Å². The fraction of sp³-hybridized carbons (Fsp3) is 0.667. The van der Waals surface area contributed by atoms with Crippen LogP contribution in [0.4, 0.5) is 0 Å². The van der Waals surface area contributed by atoms with Gasteiger partial charge < -0.3 is 10.4 Å². The molecule has 3 heteroatoms. The molecule has 1 aliphatic rings. The minimum Gasteiger partial charge on any atom is -0.477 e. The van der Waals surface area contributed by atoms with Crippen molar-refractivity contribution in [2.24, 2.45) is 0 Å². The summed E-state index contributed by atoms with van der Waals surface area (Å²) in [6.45, 7) is 5.66. The molecule has 0 spiro atoms. The number of aliphatic carboxylic acids is 1. The van der Waals surface area contributed by atoms with E-state index in [4.69, 9.17) is 5.11 Å². The third kappa shape index (κ3) is 2.00. The molecular formula is C9H15NO2. The number of allylic oxidation sites excluding steroid dienone is 1. The summed E-state index contributed by atoms with van der Waals surface area (Å²) < 4.78 is 0. The van der Waals surface area contributed by atoms with Crippen LogP contribution in [0.1, 0.15) is 33.6 Å². The smallest absolute Gasteiger partial charge is 0.351 e. The molecule has 0 heterocycles. The number of carboxylic acids is 1. The first-order valence-electron chi connectivity index (χ1n) is 4.13. The number of hydrogen-bond acceptors (Lipinski definition) is 2. The van der Waals surface area contributed by atoms with Gasteiger partial charge >= 0.3 is 5.97 Å². The standard InChI is InChI=1S/C9H15NO2/c1-6(2)7(8(11)12)10-9(3)4-5-9/h10H,4-5H2,1-3H3,(H,11,12). The van der Waals surface area contributed by atoms with Crippen LogP contribution < -0.4 is 5.32 Å². The average Bonchev–Trinajstić information content (AvgIpc) is 2.63. The SMILES string of the molecule is CC(C)=C(NC1(C)CC1)C(=O)O. The summed E-state index contributed by atoms with van der Waals surface area (Å²) in [6, 6.07) is 0. The van der Waals surface area contributed by atoms with Gasteiger partial charge in [0.25, 0.3) is 0 Å². The Kier molecular flexibility index (Phi) is 2.13. The van der Waals surface area contributed by atoms with Crippen molar-refractivity contribution >= 4 is 5.97 Å². The van der Waals surface area contributed by atoms with Gasteiger partial charge in [0.05, 0.1) is 0 Å². The highest BCUT2D eigenvalue weighted by atomic mass is 16.4. The van der Waals surface area contributed by atoms with E-state index in [1.54, 1.807) is 0 Å². The third-order valence-electron chi connectivity index (χ3n) is 2.14. The molecule has 3 nitrogen and oxygen atoms in total. The topological polar surface area (TPSA) is 49.3 Å².